The molecule has 1 aromatic rings. The van der Waals surface area contributed by atoms with Gasteiger partial charge < -0.3 is 10.4 Å². The first-order valence-corrected chi connectivity index (χ1v) is 8.06. The first kappa shape index (κ1) is 13.8. The molecule has 2 nitrogen and oxygen atoms in total. The zero-order chi connectivity index (χ0) is 13.0. The highest BCUT2D eigenvalue weighted by Crippen LogP contribution is 2.30. The summed E-state index contributed by atoms with van der Waals surface area (Å²) in [6.45, 7) is 2.14. The molecule has 1 aliphatic carbocycles. The maximum atomic E-state index is 9.86. The van der Waals surface area contributed by atoms with E-state index in [0.29, 0.717) is 11.8 Å². The Morgan fingerprint density at radius 1 is 1.33 bits per heavy atom. The number of hydrogen-bond donors (Lipinski definition) is 2. The van der Waals surface area contributed by atoms with Crippen molar-refractivity contribution < 1.29 is 5.11 Å². The number of benzene rings is 1. The van der Waals surface area contributed by atoms with Crippen LogP contribution in [0.15, 0.2) is 24.3 Å². The quantitative estimate of drug-likeness (QED) is 0.870. The summed E-state index contributed by atoms with van der Waals surface area (Å²) in [6, 6.07) is 8.43. The monoisotopic (exact) mass is 265 g/mol. The lowest BCUT2D eigenvalue weighted by Gasteiger charge is -2.31. The van der Waals surface area contributed by atoms with Crippen LogP contribution < -0.4 is 5.32 Å². The minimum absolute atomic E-state index is 0.219. The van der Waals surface area contributed by atoms with E-state index in [2.05, 4.69) is 18.5 Å². The zero-order valence-corrected chi connectivity index (χ0v) is 12.0. The number of phenolic OH excluding ortho intramolecular Hbond substituents is 1. The molecule has 2 rings (SSSR count). The van der Waals surface area contributed by atoms with Gasteiger partial charge >= 0.3 is 0 Å². The molecule has 1 aliphatic rings. The third-order valence-electron chi connectivity index (χ3n) is 3.85. The van der Waals surface area contributed by atoms with Gasteiger partial charge in [0.25, 0.3) is 0 Å². The van der Waals surface area contributed by atoms with E-state index in [1.807, 2.05) is 30.0 Å². The Bertz CT molecular complexity index is 383. The van der Waals surface area contributed by atoms with Crippen LogP contribution in [0.25, 0.3) is 0 Å². The normalized spacial score (nSPS) is 25.9. The predicted octanol–water partition coefficient (Wildman–Crippen LogP) is 3.72. The average molecular weight is 265 g/mol. The highest BCUT2D eigenvalue weighted by atomic mass is 32.2. The van der Waals surface area contributed by atoms with E-state index < -0.39 is 0 Å². The number of thioether (sulfide) groups is 1. The summed E-state index contributed by atoms with van der Waals surface area (Å²) in [5, 5.41) is 14.3. The Morgan fingerprint density at radius 3 is 2.83 bits per heavy atom. The first-order chi connectivity index (χ1) is 8.70. The maximum Gasteiger partial charge on any atom is 0.120 e. The van der Waals surface area contributed by atoms with Gasteiger partial charge in [-0.3, -0.25) is 0 Å². The molecule has 2 N–H and O–H groups in total. The molecule has 0 aromatic heterocycles. The molecule has 1 aromatic carbocycles. The van der Waals surface area contributed by atoms with Gasteiger partial charge in [-0.2, -0.15) is 11.8 Å². The molecule has 0 spiro atoms. The largest absolute Gasteiger partial charge is 0.508 e. The van der Waals surface area contributed by atoms with Gasteiger partial charge in [-0.15, -0.1) is 0 Å². The molecule has 3 atom stereocenters. The van der Waals surface area contributed by atoms with E-state index >= 15 is 0 Å². The molecule has 18 heavy (non-hydrogen) atoms. The van der Waals surface area contributed by atoms with Crippen molar-refractivity contribution in [3.05, 3.63) is 29.8 Å². The topological polar surface area (TPSA) is 32.3 Å². The van der Waals surface area contributed by atoms with Crippen molar-refractivity contribution in [1.29, 1.82) is 0 Å². The zero-order valence-electron chi connectivity index (χ0n) is 11.2. The van der Waals surface area contributed by atoms with Gasteiger partial charge in [0, 0.05) is 22.9 Å². The number of nitrogens with one attached hydrogen (secondary N) is 1. The summed E-state index contributed by atoms with van der Waals surface area (Å²) < 4.78 is 0. The summed E-state index contributed by atoms with van der Waals surface area (Å²) >= 11 is 1.99. The molecule has 0 radical (unpaired) electrons. The summed E-state index contributed by atoms with van der Waals surface area (Å²) in [7, 11) is 0. The van der Waals surface area contributed by atoms with Crippen molar-refractivity contribution in [2.24, 2.45) is 0 Å². The Morgan fingerprint density at radius 2 is 2.11 bits per heavy atom. The van der Waals surface area contributed by atoms with Crippen molar-refractivity contribution >= 4 is 11.8 Å². The minimum atomic E-state index is 0.219. The van der Waals surface area contributed by atoms with Crippen LogP contribution in [0.5, 0.6) is 5.75 Å². The van der Waals surface area contributed by atoms with E-state index in [1.54, 1.807) is 6.07 Å². The van der Waals surface area contributed by atoms with Crippen molar-refractivity contribution in [3.63, 3.8) is 0 Å². The van der Waals surface area contributed by atoms with Crippen LogP contribution in [0.3, 0.4) is 0 Å². The molecule has 3 heteroatoms. The second-order valence-electron chi connectivity index (χ2n) is 5.17. The van der Waals surface area contributed by atoms with Crippen LogP contribution in [0.4, 0.5) is 0 Å². The average Bonchev–Trinajstić information content (AvgIpc) is 2.39. The SMILES string of the molecule is CSC1CCCC(NC(C)c2ccccc2O)C1. The molecule has 1 saturated carbocycles. The summed E-state index contributed by atoms with van der Waals surface area (Å²) in [4.78, 5) is 0. The van der Waals surface area contributed by atoms with Crippen LogP contribution >= 0.6 is 11.8 Å². The van der Waals surface area contributed by atoms with Crippen LogP contribution in [-0.4, -0.2) is 22.7 Å². The molecule has 3 unspecified atom stereocenters. The van der Waals surface area contributed by atoms with Gasteiger partial charge in [0.1, 0.15) is 5.75 Å². The number of phenols is 1. The fourth-order valence-electron chi connectivity index (χ4n) is 2.81. The highest BCUT2D eigenvalue weighted by Gasteiger charge is 2.23. The standard InChI is InChI=1S/C15H23NOS/c1-11(14-8-3-4-9-15(14)17)16-12-6-5-7-13(10-12)18-2/h3-4,8-9,11-13,16-17H,5-7,10H2,1-2H3. The Hall–Kier alpha value is -0.670. The van der Waals surface area contributed by atoms with E-state index in [-0.39, 0.29) is 6.04 Å². The molecule has 0 bridgehead atoms. The molecule has 100 valence electrons. The maximum absolute atomic E-state index is 9.86. The molecule has 0 aliphatic heterocycles. The molecule has 0 heterocycles. The molecule has 0 saturated heterocycles. The molecular formula is C15H23NOS. The highest BCUT2D eigenvalue weighted by molar-refractivity contribution is 7.99. The lowest BCUT2D eigenvalue weighted by molar-refractivity contribution is 0.348. The fraction of sp³-hybridized carbons (Fsp3) is 0.600. The van der Waals surface area contributed by atoms with Crippen LogP contribution in [0, 0.1) is 0 Å². The van der Waals surface area contributed by atoms with E-state index in [4.69, 9.17) is 0 Å². The lowest BCUT2D eigenvalue weighted by atomic mass is 9.93. The van der Waals surface area contributed by atoms with Gasteiger partial charge in [-0.05, 0) is 38.5 Å². The Kier molecular flexibility index (Phi) is 4.95. The second-order valence-corrected chi connectivity index (χ2v) is 6.31. The third-order valence-corrected chi connectivity index (χ3v) is 4.94. The number of aromatic hydroxyl groups is 1. The molecular weight excluding hydrogens is 242 g/mol. The van der Waals surface area contributed by atoms with Gasteiger partial charge in [0.05, 0.1) is 0 Å². The van der Waals surface area contributed by atoms with E-state index in [9.17, 15) is 5.11 Å². The van der Waals surface area contributed by atoms with Gasteiger partial charge in [0.15, 0.2) is 0 Å². The Labute approximate surface area is 114 Å². The van der Waals surface area contributed by atoms with Crippen molar-refractivity contribution in [2.75, 3.05) is 6.26 Å². The van der Waals surface area contributed by atoms with Crippen LogP contribution in [-0.2, 0) is 0 Å². The van der Waals surface area contributed by atoms with Crippen molar-refractivity contribution in [3.8, 4) is 5.75 Å². The van der Waals surface area contributed by atoms with E-state index in [0.717, 1.165) is 10.8 Å². The van der Waals surface area contributed by atoms with Crippen molar-refractivity contribution in [2.45, 2.75) is 49.9 Å². The molecule has 0 amide bonds. The summed E-state index contributed by atoms with van der Waals surface area (Å²) in [5.74, 6) is 0.398. The minimum Gasteiger partial charge on any atom is -0.508 e. The number of hydrogen-bond acceptors (Lipinski definition) is 3. The van der Waals surface area contributed by atoms with Crippen LogP contribution in [0.2, 0.25) is 0 Å². The van der Waals surface area contributed by atoms with Gasteiger partial charge in [0.2, 0.25) is 0 Å². The van der Waals surface area contributed by atoms with Crippen LogP contribution in [0.1, 0.15) is 44.2 Å². The van der Waals surface area contributed by atoms with E-state index in [1.165, 1.54) is 25.7 Å². The number of para-hydroxylation sites is 1. The second kappa shape index (κ2) is 6.48. The summed E-state index contributed by atoms with van der Waals surface area (Å²) in [5.41, 5.74) is 1.00. The van der Waals surface area contributed by atoms with Gasteiger partial charge in [-0.25, -0.2) is 0 Å². The third kappa shape index (κ3) is 3.42. The summed E-state index contributed by atoms with van der Waals surface area (Å²) in [6.07, 6.45) is 7.38. The number of rotatable bonds is 4. The fourth-order valence-corrected chi connectivity index (χ4v) is 3.63. The first-order valence-electron chi connectivity index (χ1n) is 6.77. The predicted molar refractivity (Wildman–Crippen MR) is 79.2 cm³/mol. The Balaban J connectivity index is 1.95. The lowest BCUT2D eigenvalue weighted by Crippen LogP contribution is -2.36. The van der Waals surface area contributed by atoms with Gasteiger partial charge in [-0.1, -0.05) is 24.6 Å². The van der Waals surface area contributed by atoms with Crippen molar-refractivity contribution in [1.82, 2.24) is 5.32 Å². The molecule has 1 fully saturated rings. The smallest absolute Gasteiger partial charge is 0.120 e.